The molecule has 1 aliphatic rings. The molecular weight excluding hydrogens is 282 g/mol. The van der Waals surface area contributed by atoms with E-state index in [2.05, 4.69) is 0 Å². The molecule has 1 aromatic carbocycles. The molecule has 1 heterocycles. The molecule has 2 rings (SSSR count). The number of nitrogens with zero attached hydrogens (tertiary/aromatic N) is 1. The number of esters is 1. The zero-order valence-corrected chi connectivity index (χ0v) is 13.4. The fourth-order valence-corrected chi connectivity index (χ4v) is 2.32. The summed E-state index contributed by atoms with van der Waals surface area (Å²) in [5.74, 6) is 0.287. The SMILES string of the molecule is CC(C)(C)OC(=O)CCC(=O)N1CCCOc2ccccc21. The Bertz CT molecular complexity index is 548. The first-order valence-corrected chi connectivity index (χ1v) is 7.61. The fraction of sp³-hybridized carbons (Fsp3) is 0.529. The van der Waals surface area contributed by atoms with Gasteiger partial charge in [-0.15, -0.1) is 0 Å². The number of anilines is 1. The Morgan fingerprint density at radius 2 is 1.95 bits per heavy atom. The van der Waals surface area contributed by atoms with Gasteiger partial charge in [-0.2, -0.15) is 0 Å². The van der Waals surface area contributed by atoms with Crippen LogP contribution >= 0.6 is 0 Å². The lowest BCUT2D eigenvalue weighted by Gasteiger charge is -2.22. The van der Waals surface area contributed by atoms with Crippen LogP contribution in [-0.4, -0.2) is 30.6 Å². The van der Waals surface area contributed by atoms with Gasteiger partial charge in [0.2, 0.25) is 5.91 Å². The molecule has 1 aliphatic heterocycles. The number of benzene rings is 1. The predicted molar refractivity (Wildman–Crippen MR) is 84.0 cm³/mol. The maximum atomic E-state index is 12.4. The third-order valence-electron chi connectivity index (χ3n) is 3.20. The van der Waals surface area contributed by atoms with Crippen LogP contribution in [0, 0.1) is 0 Å². The highest BCUT2D eigenvalue weighted by atomic mass is 16.6. The molecule has 0 saturated heterocycles. The summed E-state index contributed by atoms with van der Waals surface area (Å²) in [6.45, 7) is 6.64. The molecule has 120 valence electrons. The van der Waals surface area contributed by atoms with Crippen molar-refractivity contribution in [2.24, 2.45) is 0 Å². The molecule has 1 amide bonds. The van der Waals surface area contributed by atoms with Gasteiger partial charge in [0.05, 0.1) is 18.7 Å². The van der Waals surface area contributed by atoms with Gasteiger partial charge >= 0.3 is 5.97 Å². The number of ether oxygens (including phenoxy) is 2. The lowest BCUT2D eigenvalue weighted by atomic mass is 10.2. The summed E-state index contributed by atoms with van der Waals surface area (Å²) < 4.78 is 10.9. The third-order valence-corrected chi connectivity index (χ3v) is 3.20. The molecule has 0 atom stereocenters. The molecular formula is C17H23NO4. The van der Waals surface area contributed by atoms with E-state index >= 15 is 0 Å². The van der Waals surface area contributed by atoms with Crippen molar-refractivity contribution in [1.82, 2.24) is 0 Å². The molecule has 0 bridgehead atoms. The van der Waals surface area contributed by atoms with Crippen molar-refractivity contribution < 1.29 is 19.1 Å². The molecule has 0 radical (unpaired) electrons. The predicted octanol–water partition coefficient (Wildman–Crippen LogP) is 2.92. The summed E-state index contributed by atoms with van der Waals surface area (Å²) in [4.78, 5) is 25.9. The molecule has 0 spiro atoms. The van der Waals surface area contributed by atoms with Crippen LogP contribution in [0.25, 0.3) is 0 Å². The van der Waals surface area contributed by atoms with E-state index in [1.165, 1.54) is 0 Å². The highest BCUT2D eigenvalue weighted by Crippen LogP contribution is 2.31. The molecule has 0 fully saturated rings. The maximum Gasteiger partial charge on any atom is 0.306 e. The largest absolute Gasteiger partial charge is 0.491 e. The van der Waals surface area contributed by atoms with Crippen molar-refractivity contribution in [2.45, 2.75) is 45.6 Å². The van der Waals surface area contributed by atoms with Crippen LogP contribution in [0.5, 0.6) is 5.75 Å². The highest BCUT2D eigenvalue weighted by molar-refractivity contribution is 5.96. The van der Waals surface area contributed by atoms with Crippen molar-refractivity contribution in [3.8, 4) is 5.75 Å². The molecule has 1 aromatic rings. The minimum absolute atomic E-state index is 0.0798. The van der Waals surface area contributed by atoms with E-state index in [9.17, 15) is 9.59 Å². The number of amides is 1. The van der Waals surface area contributed by atoms with Gasteiger partial charge in [0, 0.05) is 13.0 Å². The second-order valence-corrected chi connectivity index (χ2v) is 6.30. The first-order chi connectivity index (χ1) is 10.4. The maximum absolute atomic E-state index is 12.4. The third kappa shape index (κ3) is 4.48. The first-order valence-electron chi connectivity index (χ1n) is 7.61. The topological polar surface area (TPSA) is 55.8 Å². The van der Waals surface area contributed by atoms with Gasteiger partial charge in [-0.05, 0) is 39.3 Å². The molecule has 0 saturated carbocycles. The minimum atomic E-state index is -0.525. The second-order valence-electron chi connectivity index (χ2n) is 6.30. The summed E-state index contributed by atoms with van der Waals surface area (Å²) in [5.41, 5.74) is 0.248. The number of carbonyl (C=O) groups excluding carboxylic acids is 2. The van der Waals surface area contributed by atoms with Gasteiger partial charge in [-0.3, -0.25) is 9.59 Å². The van der Waals surface area contributed by atoms with Crippen molar-refractivity contribution >= 4 is 17.6 Å². The zero-order valence-electron chi connectivity index (χ0n) is 13.4. The molecule has 5 heteroatoms. The van der Waals surface area contributed by atoms with E-state index < -0.39 is 5.60 Å². The van der Waals surface area contributed by atoms with E-state index in [4.69, 9.17) is 9.47 Å². The quantitative estimate of drug-likeness (QED) is 0.806. The van der Waals surface area contributed by atoms with Crippen LogP contribution < -0.4 is 9.64 Å². The summed E-state index contributed by atoms with van der Waals surface area (Å²) in [5, 5.41) is 0. The van der Waals surface area contributed by atoms with E-state index in [-0.39, 0.29) is 24.7 Å². The Morgan fingerprint density at radius 3 is 2.68 bits per heavy atom. The number of para-hydroxylation sites is 2. The average molecular weight is 305 g/mol. The van der Waals surface area contributed by atoms with Gasteiger partial charge in [0.25, 0.3) is 0 Å². The van der Waals surface area contributed by atoms with Gasteiger partial charge < -0.3 is 14.4 Å². The van der Waals surface area contributed by atoms with E-state index in [0.717, 1.165) is 12.1 Å². The molecule has 0 N–H and O–H groups in total. The Morgan fingerprint density at radius 1 is 1.23 bits per heavy atom. The number of hydrogen-bond acceptors (Lipinski definition) is 4. The van der Waals surface area contributed by atoms with Crippen LogP contribution in [0.3, 0.4) is 0 Å². The summed E-state index contributed by atoms with van der Waals surface area (Å²) >= 11 is 0. The lowest BCUT2D eigenvalue weighted by Crippen LogP contribution is -2.32. The van der Waals surface area contributed by atoms with Crippen LogP contribution in [0.15, 0.2) is 24.3 Å². The van der Waals surface area contributed by atoms with Crippen LogP contribution in [0.1, 0.15) is 40.0 Å². The standard InChI is InChI=1S/C17H23NO4/c1-17(2,3)22-16(20)10-9-15(19)18-11-6-12-21-14-8-5-4-7-13(14)18/h4-5,7-8H,6,9-12H2,1-3H3. The normalized spacial score (nSPS) is 14.6. The Labute approximate surface area is 131 Å². The van der Waals surface area contributed by atoms with Gasteiger partial charge in [0.1, 0.15) is 11.4 Å². The van der Waals surface area contributed by atoms with E-state index in [0.29, 0.717) is 18.9 Å². The average Bonchev–Trinajstić information content (AvgIpc) is 2.65. The monoisotopic (exact) mass is 305 g/mol. The van der Waals surface area contributed by atoms with Crippen molar-refractivity contribution in [3.05, 3.63) is 24.3 Å². The molecule has 22 heavy (non-hydrogen) atoms. The van der Waals surface area contributed by atoms with E-state index in [1.54, 1.807) is 4.90 Å². The zero-order chi connectivity index (χ0) is 16.2. The smallest absolute Gasteiger partial charge is 0.306 e. The number of fused-ring (bicyclic) bond motifs is 1. The van der Waals surface area contributed by atoms with Crippen LogP contribution in [-0.2, 0) is 14.3 Å². The lowest BCUT2D eigenvalue weighted by molar-refractivity contribution is -0.155. The van der Waals surface area contributed by atoms with Gasteiger partial charge in [0.15, 0.2) is 0 Å². The van der Waals surface area contributed by atoms with Gasteiger partial charge in [-0.25, -0.2) is 0 Å². The second kappa shape index (κ2) is 6.81. The number of hydrogen-bond donors (Lipinski definition) is 0. The van der Waals surface area contributed by atoms with Crippen molar-refractivity contribution in [2.75, 3.05) is 18.1 Å². The van der Waals surface area contributed by atoms with Crippen molar-refractivity contribution in [1.29, 1.82) is 0 Å². The van der Waals surface area contributed by atoms with Crippen LogP contribution in [0.4, 0.5) is 5.69 Å². The molecule has 5 nitrogen and oxygen atoms in total. The number of rotatable bonds is 3. The fourth-order valence-electron chi connectivity index (χ4n) is 2.32. The van der Waals surface area contributed by atoms with Gasteiger partial charge in [-0.1, -0.05) is 12.1 Å². The molecule has 0 aromatic heterocycles. The molecule has 0 unspecified atom stereocenters. The van der Waals surface area contributed by atoms with E-state index in [1.807, 2.05) is 45.0 Å². The minimum Gasteiger partial charge on any atom is -0.491 e. The Kier molecular flexibility index (Phi) is 5.06. The summed E-state index contributed by atoms with van der Waals surface area (Å²) in [6.07, 6.45) is 1.01. The summed E-state index contributed by atoms with van der Waals surface area (Å²) in [6, 6.07) is 7.48. The highest BCUT2D eigenvalue weighted by Gasteiger charge is 2.23. The Hall–Kier alpha value is -2.04. The summed E-state index contributed by atoms with van der Waals surface area (Å²) in [7, 11) is 0. The molecule has 0 aliphatic carbocycles. The number of carbonyl (C=O) groups is 2. The van der Waals surface area contributed by atoms with Crippen LogP contribution in [0.2, 0.25) is 0 Å². The van der Waals surface area contributed by atoms with Crippen molar-refractivity contribution in [3.63, 3.8) is 0 Å². The first kappa shape index (κ1) is 16.3. The Balaban J connectivity index is 1.99.